The summed E-state index contributed by atoms with van der Waals surface area (Å²) in [6.45, 7) is 7.57. The summed E-state index contributed by atoms with van der Waals surface area (Å²) in [5.41, 5.74) is 11.4. The van der Waals surface area contributed by atoms with Crippen molar-refractivity contribution >= 4 is 93.1 Å². The van der Waals surface area contributed by atoms with Crippen molar-refractivity contribution in [1.82, 2.24) is 19.9 Å². The molecular weight excluding hydrogens is 687 g/mol. The molecule has 0 fully saturated rings. The molecule has 50 heavy (non-hydrogen) atoms. The van der Waals surface area contributed by atoms with E-state index in [4.69, 9.17) is 9.97 Å². The number of aryl methyl sites for hydroxylation is 4. The highest BCUT2D eigenvalue weighted by Crippen LogP contribution is 2.37. The Bertz CT molecular complexity index is 2110. The average molecular weight is 728 g/mol. The van der Waals surface area contributed by atoms with Crippen LogP contribution in [0.4, 0.5) is 0 Å². The third-order valence-electron chi connectivity index (χ3n) is 9.16. The Morgan fingerprint density at radius 2 is 0.800 bits per heavy atom. The van der Waals surface area contributed by atoms with Gasteiger partial charge in [-0.15, -0.1) is 24.8 Å². The van der Waals surface area contributed by atoms with E-state index in [1.165, 1.54) is 0 Å². The zero-order chi connectivity index (χ0) is 34.9. The van der Waals surface area contributed by atoms with E-state index < -0.39 is 23.9 Å². The molecule has 5 rings (SSSR count). The van der Waals surface area contributed by atoms with Crippen LogP contribution in [-0.4, -0.2) is 64.2 Å². The van der Waals surface area contributed by atoms with Gasteiger partial charge in [-0.1, -0.05) is 0 Å². The third-order valence-corrected chi connectivity index (χ3v) is 9.16. The number of carboxylic acids is 4. The standard InChI is InChI=1S/C36H38N4O8.2ClH/c1-17-21(5-9-33(41)42)29-14-27-19(3)22(6-10-34(43)44)30(39-27)15-28-20(4)24(8-12-36(47)48)32(40-28)16-31-23(7-11-35(45)46)18(2)26(38-31)13-25(17)37-29;;/h13-16,37,40H,5-12H2,1-4H3,(H,41,42)(H,43,44)(H,45,46)(H,47,48);2*1H. The molecule has 0 saturated heterocycles. The Balaban J connectivity index is 0.00000338. The first-order valence-electron chi connectivity index (χ1n) is 15.7. The van der Waals surface area contributed by atoms with Crippen molar-refractivity contribution < 1.29 is 39.6 Å². The zero-order valence-electron chi connectivity index (χ0n) is 28.1. The maximum Gasteiger partial charge on any atom is 0.303 e. The molecule has 5 heterocycles. The predicted octanol–water partition coefficient (Wildman–Crippen LogP) is 7.40. The molecule has 0 spiro atoms. The second-order valence-electron chi connectivity index (χ2n) is 12.2. The Kier molecular flexibility index (Phi) is 12.8. The highest BCUT2D eigenvalue weighted by atomic mass is 35.5. The first-order valence-corrected chi connectivity index (χ1v) is 15.7. The lowest BCUT2D eigenvalue weighted by Crippen LogP contribution is -1.98. The minimum Gasteiger partial charge on any atom is -0.481 e. The molecule has 0 radical (unpaired) electrons. The van der Waals surface area contributed by atoms with Crippen molar-refractivity contribution in [1.29, 1.82) is 0 Å². The van der Waals surface area contributed by atoms with Crippen LogP contribution in [0.25, 0.3) is 44.4 Å². The number of nitrogens with zero attached hydrogens (tertiary/aromatic N) is 2. The van der Waals surface area contributed by atoms with Crippen LogP contribution in [0.5, 0.6) is 0 Å². The highest BCUT2D eigenvalue weighted by Gasteiger charge is 2.22. The van der Waals surface area contributed by atoms with Crippen LogP contribution in [0.15, 0.2) is 24.3 Å². The fourth-order valence-corrected chi connectivity index (χ4v) is 6.42. The summed E-state index contributed by atoms with van der Waals surface area (Å²) < 4.78 is 0. The predicted molar refractivity (Wildman–Crippen MR) is 196 cm³/mol. The molecule has 2 aliphatic rings. The van der Waals surface area contributed by atoms with E-state index in [1.54, 1.807) is 0 Å². The van der Waals surface area contributed by atoms with Gasteiger partial charge in [0.2, 0.25) is 0 Å². The number of aromatic amines is 2. The van der Waals surface area contributed by atoms with Crippen LogP contribution in [0.3, 0.4) is 0 Å². The lowest BCUT2D eigenvalue weighted by Gasteiger charge is -2.03. The number of fused-ring (bicyclic) bond motifs is 8. The summed E-state index contributed by atoms with van der Waals surface area (Å²) in [6, 6.07) is 7.40. The van der Waals surface area contributed by atoms with Crippen LogP contribution in [0.2, 0.25) is 0 Å². The lowest BCUT2D eigenvalue weighted by molar-refractivity contribution is -0.138. The van der Waals surface area contributed by atoms with E-state index in [-0.39, 0.29) is 76.2 Å². The van der Waals surface area contributed by atoms with Crippen molar-refractivity contribution in [3.05, 3.63) is 69.3 Å². The van der Waals surface area contributed by atoms with Gasteiger partial charge in [-0.3, -0.25) is 19.2 Å². The largest absolute Gasteiger partial charge is 0.481 e. The number of halogens is 2. The van der Waals surface area contributed by atoms with Gasteiger partial charge in [0.1, 0.15) is 0 Å². The number of aliphatic carboxylic acids is 4. The number of rotatable bonds is 12. The molecule has 8 bridgehead atoms. The van der Waals surface area contributed by atoms with Crippen molar-refractivity contribution in [2.45, 2.75) is 79.1 Å². The molecule has 6 N–H and O–H groups in total. The fourth-order valence-electron chi connectivity index (χ4n) is 6.42. The van der Waals surface area contributed by atoms with Gasteiger partial charge < -0.3 is 30.4 Å². The summed E-state index contributed by atoms with van der Waals surface area (Å²) in [4.78, 5) is 63.1. The van der Waals surface area contributed by atoms with Gasteiger partial charge in [0.25, 0.3) is 0 Å². The summed E-state index contributed by atoms with van der Waals surface area (Å²) in [7, 11) is 0. The molecule has 0 unspecified atom stereocenters. The van der Waals surface area contributed by atoms with Crippen molar-refractivity contribution in [3.8, 4) is 0 Å². The van der Waals surface area contributed by atoms with Gasteiger partial charge in [-0.25, -0.2) is 9.97 Å². The molecule has 2 aliphatic heterocycles. The van der Waals surface area contributed by atoms with Crippen molar-refractivity contribution in [3.63, 3.8) is 0 Å². The molecule has 14 heteroatoms. The van der Waals surface area contributed by atoms with Crippen LogP contribution in [0.1, 0.15) is 97.4 Å². The maximum atomic E-state index is 11.6. The number of carbonyl (C=O) groups is 4. The first kappa shape index (κ1) is 39.5. The van der Waals surface area contributed by atoms with E-state index in [0.717, 1.165) is 44.5 Å². The molecule has 0 aliphatic carbocycles. The number of carboxylic acid groups (broad SMARTS) is 4. The van der Waals surface area contributed by atoms with Gasteiger partial charge in [-0.2, -0.15) is 0 Å². The van der Waals surface area contributed by atoms with E-state index in [1.807, 2.05) is 52.0 Å². The average Bonchev–Trinajstić information content (AvgIpc) is 3.66. The Hall–Kier alpha value is -4.94. The Labute approximate surface area is 300 Å². The van der Waals surface area contributed by atoms with Crippen LogP contribution in [-0.2, 0) is 32.0 Å². The minimum absolute atomic E-state index is 0. The van der Waals surface area contributed by atoms with Gasteiger partial charge in [0, 0.05) is 47.8 Å². The van der Waals surface area contributed by atoms with Crippen molar-refractivity contribution in [2.24, 2.45) is 0 Å². The molecule has 0 amide bonds. The van der Waals surface area contributed by atoms with Crippen LogP contribution in [0, 0.1) is 13.8 Å². The first-order chi connectivity index (χ1) is 22.7. The number of hydrogen-bond acceptors (Lipinski definition) is 6. The third kappa shape index (κ3) is 8.43. The summed E-state index contributed by atoms with van der Waals surface area (Å²) in [6.07, 6.45) is 0.572. The molecule has 3 aromatic heterocycles. The topological polar surface area (TPSA) is 207 Å². The molecule has 0 aromatic carbocycles. The van der Waals surface area contributed by atoms with E-state index in [9.17, 15) is 39.6 Å². The number of aromatic nitrogens is 4. The molecule has 0 atom stereocenters. The van der Waals surface area contributed by atoms with Crippen molar-refractivity contribution in [2.75, 3.05) is 0 Å². The smallest absolute Gasteiger partial charge is 0.303 e. The number of H-pyrrole nitrogens is 2. The van der Waals surface area contributed by atoms with Gasteiger partial charge in [-0.05, 0) is 122 Å². The SMILES string of the molecule is CC1=C(CCC(=O)O)c2cc3[nH]c(cc4nc(cc5[nH]c(cc1n2)c(CCC(=O)O)c5C)C(C)=C4CCC(=O)O)c(CCC(=O)O)c3C.Cl.Cl. The van der Waals surface area contributed by atoms with E-state index in [0.29, 0.717) is 44.8 Å². The van der Waals surface area contributed by atoms with Gasteiger partial charge in [0.05, 0.1) is 22.8 Å². The van der Waals surface area contributed by atoms with Gasteiger partial charge in [0.15, 0.2) is 0 Å². The zero-order valence-corrected chi connectivity index (χ0v) is 29.7. The second-order valence-corrected chi connectivity index (χ2v) is 12.2. The number of allylic oxidation sites excluding steroid dienone is 4. The van der Waals surface area contributed by atoms with Crippen LogP contribution < -0.4 is 0 Å². The highest BCUT2D eigenvalue weighted by molar-refractivity contribution is 5.96. The second kappa shape index (κ2) is 16.2. The maximum absolute atomic E-state index is 11.6. The minimum atomic E-state index is -0.945. The number of hydrogen-bond donors (Lipinski definition) is 6. The fraction of sp³-hybridized carbons (Fsp3) is 0.333. The summed E-state index contributed by atoms with van der Waals surface area (Å²) >= 11 is 0. The Morgan fingerprint density at radius 1 is 0.500 bits per heavy atom. The van der Waals surface area contributed by atoms with E-state index in [2.05, 4.69) is 9.97 Å². The van der Waals surface area contributed by atoms with Gasteiger partial charge >= 0.3 is 23.9 Å². The Morgan fingerprint density at radius 3 is 1.16 bits per heavy atom. The lowest BCUT2D eigenvalue weighted by atomic mass is 9.99. The molecule has 12 nitrogen and oxygen atoms in total. The quantitative estimate of drug-likeness (QED) is 0.109. The normalized spacial score (nSPS) is 12.4. The summed E-state index contributed by atoms with van der Waals surface area (Å²) in [5, 5.41) is 38.0. The summed E-state index contributed by atoms with van der Waals surface area (Å²) in [5.74, 6) is -3.76. The molecule has 3 aromatic rings. The number of nitrogens with one attached hydrogen (secondary N) is 2. The monoisotopic (exact) mass is 726 g/mol. The molecule has 266 valence electrons. The van der Waals surface area contributed by atoms with Crippen LogP contribution >= 0.6 is 24.8 Å². The molecule has 0 saturated carbocycles. The molecular formula is C36H40Cl2N4O8. The van der Waals surface area contributed by atoms with E-state index >= 15 is 0 Å².